The third kappa shape index (κ3) is 1.70. The van der Waals surface area contributed by atoms with E-state index in [1.165, 1.54) is 0 Å². The van der Waals surface area contributed by atoms with Gasteiger partial charge in [0.25, 0.3) is 0 Å². The zero-order valence-electron chi connectivity index (χ0n) is 14.8. The van der Waals surface area contributed by atoms with E-state index < -0.39 is 19.7 Å². The monoisotopic (exact) mass is 449 g/mol. The maximum absolute atomic E-state index is 4.02. The summed E-state index contributed by atoms with van der Waals surface area (Å²) in [6.07, 6.45) is 10.4. The molecule has 0 N–H and O–H groups in total. The second-order valence-electron chi connectivity index (χ2n) is 6.74. The molecule has 117 valence electrons. The van der Waals surface area contributed by atoms with Gasteiger partial charge in [-0.1, -0.05) is 0 Å². The van der Waals surface area contributed by atoms with Crippen LogP contribution in [0.25, 0.3) is 0 Å². The Labute approximate surface area is 128 Å². The molecule has 0 aromatic carbocycles. The molecular formula is C15H33HfN4. The van der Waals surface area contributed by atoms with Crippen LogP contribution in [0, 0.1) is 0 Å². The fourth-order valence-electron chi connectivity index (χ4n) is 5.43. The van der Waals surface area contributed by atoms with Crippen LogP contribution >= 0.6 is 0 Å². The molecule has 0 bridgehead atoms. The summed E-state index contributed by atoms with van der Waals surface area (Å²) in [6.45, 7) is 2.32. The fourth-order valence-corrected chi connectivity index (χ4v) is 39.7. The van der Waals surface area contributed by atoms with Gasteiger partial charge < -0.3 is 0 Å². The van der Waals surface area contributed by atoms with Gasteiger partial charge in [0, 0.05) is 0 Å². The van der Waals surface area contributed by atoms with Gasteiger partial charge in [0.05, 0.1) is 0 Å². The Bertz CT molecular complexity index is 355. The molecule has 0 unspecified atom stereocenters. The molecule has 0 aromatic rings. The number of nitrogens with zero attached hydrogens (tertiary/aromatic N) is 4. The first-order valence-electron chi connectivity index (χ1n) is 7.36. The van der Waals surface area contributed by atoms with Crippen molar-refractivity contribution in [3.05, 3.63) is 24.3 Å². The van der Waals surface area contributed by atoms with Crippen molar-refractivity contribution in [1.29, 1.82) is 0 Å². The third-order valence-electron chi connectivity index (χ3n) is 5.61. The second-order valence-corrected chi connectivity index (χ2v) is 30.5. The zero-order chi connectivity index (χ0) is 15.8. The Kier molecular flexibility index (Phi) is 5.26. The zero-order valence-corrected chi connectivity index (χ0v) is 18.4. The molecule has 1 aliphatic rings. The number of allylic oxidation sites excluding steroid dienone is 4. The van der Waals surface area contributed by atoms with E-state index in [1.54, 1.807) is 0 Å². The van der Waals surface area contributed by atoms with Gasteiger partial charge in [-0.25, -0.2) is 0 Å². The van der Waals surface area contributed by atoms with E-state index in [9.17, 15) is 0 Å². The van der Waals surface area contributed by atoms with E-state index >= 15 is 0 Å². The van der Waals surface area contributed by atoms with Crippen molar-refractivity contribution < 1.29 is 19.7 Å². The first-order chi connectivity index (χ1) is 9.14. The molecule has 5 heteroatoms. The molecule has 0 aromatic heterocycles. The number of hydrogen-bond acceptors (Lipinski definition) is 4. The molecule has 1 rings (SSSR count). The molecule has 1 aliphatic carbocycles. The number of hydrogen-bond donors (Lipinski definition) is 0. The first kappa shape index (κ1) is 18.2. The summed E-state index contributed by atoms with van der Waals surface area (Å²) in [5.41, 5.74) is 0. The van der Waals surface area contributed by atoms with E-state index in [0.717, 1.165) is 6.42 Å². The van der Waals surface area contributed by atoms with Crippen molar-refractivity contribution in [2.75, 3.05) is 56.4 Å². The summed E-state index contributed by atoms with van der Waals surface area (Å²) in [5.74, 6) is 0. The summed E-state index contributed by atoms with van der Waals surface area (Å²) < 4.78 is 10.3. The van der Waals surface area contributed by atoms with Gasteiger partial charge in [-0.2, -0.15) is 0 Å². The molecule has 0 fully saturated rings. The van der Waals surface area contributed by atoms with E-state index in [-0.39, 0.29) is 3.17 Å². The topological polar surface area (TPSA) is 13.0 Å². The molecule has 0 atom stereocenters. The van der Waals surface area contributed by atoms with Crippen LogP contribution in [-0.4, -0.2) is 67.9 Å². The Morgan fingerprint density at radius 2 is 1.00 bits per heavy atom. The van der Waals surface area contributed by atoms with Crippen molar-refractivity contribution in [2.45, 2.75) is 16.5 Å². The van der Waals surface area contributed by atoms with Crippen LogP contribution in [0.3, 0.4) is 0 Å². The van der Waals surface area contributed by atoms with Crippen LogP contribution in [0.2, 0.25) is 3.17 Å². The first-order valence-corrected chi connectivity index (χ1v) is 15.6. The van der Waals surface area contributed by atoms with Gasteiger partial charge in [0.2, 0.25) is 0 Å². The average Bonchev–Trinajstić information content (AvgIpc) is 2.78. The molecule has 20 heavy (non-hydrogen) atoms. The summed E-state index contributed by atoms with van der Waals surface area (Å²) in [5, 5.41) is 0. The molecule has 0 spiro atoms. The normalized spacial score (nSPS) is 20.4. The Balaban J connectivity index is 3.90. The molecule has 0 radical (unpaired) electrons. The van der Waals surface area contributed by atoms with Crippen molar-refractivity contribution in [3.63, 3.8) is 0 Å². The minimum absolute atomic E-state index is 0.0944. The van der Waals surface area contributed by atoms with Gasteiger partial charge in [0.1, 0.15) is 0 Å². The van der Waals surface area contributed by atoms with Gasteiger partial charge in [-0.15, -0.1) is 0 Å². The standard InChI is InChI=1S/C7H9.4C2H6N.Hf/c1-2-7-5-3-4-6-7;4*1-3-2;/h3-6H,2H2,1H3;4*1-2H3;/q;4*-1;+4. The maximum atomic E-state index is 2.54. The van der Waals surface area contributed by atoms with Crippen molar-refractivity contribution in [3.8, 4) is 0 Å². The van der Waals surface area contributed by atoms with Gasteiger partial charge >= 0.3 is 128 Å². The molecule has 4 nitrogen and oxygen atoms in total. The van der Waals surface area contributed by atoms with Crippen LogP contribution in [0.15, 0.2) is 24.3 Å². The Hall–Kier alpha value is 0.190. The predicted molar refractivity (Wildman–Crippen MR) is 86.0 cm³/mol. The SMILES string of the molecule is CC[C]1([Hf]([N](C)C)([N](C)C)([N](C)C)[N](C)C)C=CC=C1. The van der Waals surface area contributed by atoms with E-state index in [1.807, 2.05) is 0 Å². The third-order valence-corrected chi connectivity index (χ3v) is 37.7. The van der Waals surface area contributed by atoms with Gasteiger partial charge in [-0.3, -0.25) is 0 Å². The van der Waals surface area contributed by atoms with Crippen molar-refractivity contribution in [2.24, 2.45) is 0 Å². The van der Waals surface area contributed by atoms with Crippen molar-refractivity contribution in [1.82, 2.24) is 11.6 Å². The molecule has 0 heterocycles. The van der Waals surface area contributed by atoms with Crippen LogP contribution in [0.1, 0.15) is 13.3 Å². The molecular weight excluding hydrogens is 415 g/mol. The van der Waals surface area contributed by atoms with E-state index in [0.29, 0.717) is 0 Å². The average molecular weight is 448 g/mol. The second kappa shape index (κ2) is 5.76. The molecule has 0 saturated heterocycles. The van der Waals surface area contributed by atoms with Gasteiger partial charge in [0.15, 0.2) is 0 Å². The minimum atomic E-state index is -4.02. The Morgan fingerprint density at radius 3 is 1.20 bits per heavy atom. The molecule has 0 saturated carbocycles. The van der Waals surface area contributed by atoms with Crippen LogP contribution < -0.4 is 0 Å². The fraction of sp³-hybridized carbons (Fsp3) is 0.733. The van der Waals surface area contributed by atoms with E-state index in [4.69, 9.17) is 0 Å². The van der Waals surface area contributed by atoms with Crippen LogP contribution in [-0.2, 0) is 19.7 Å². The van der Waals surface area contributed by atoms with Gasteiger partial charge in [-0.05, 0) is 0 Å². The summed E-state index contributed by atoms with van der Waals surface area (Å²) in [6, 6.07) is 0. The van der Waals surface area contributed by atoms with Crippen LogP contribution in [0.5, 0.6) is 0 Å². The summed E-state index contributed by atoms with van der Waals surface area (Å²) in [4.78, 5) is 0. The quantitative estimate of drug-likeness (QED) is 0.579. The van der Waals surface area contributed by atoms with E-state index in [2.05, 4.69) is 99.2 Å². The summed E-state index contributed by atoms with van der Waals surface area (Å²) >= 11 is -4.02. The molecule has 0 amide bonds. The molecule has 0 aliphatic heterocycles. The Morgan fingerprint density at radius 1 is 0.700 bits per heavy atom. The predicted octanol–water partition coefficient (Wildman–Crippen LogP) is 2.28. The van der Waals surface area contributed by atoms with Crippen molar-refractivity contribution >= 4 is 0 Å². The summed E-state index contributed by atoms with van der Waals surface area (Å²) in [7, 11) is 18.1. The van der Waals surface area contributed by atoms with Crippen LogP contribution in [0.4, 0.5) is 0 Å². The number of rotatable bonds is 6.